The molecule has 122 valence electrons. The first kappa shape index (κ1) is 16.0. The van der Waals surface area contributed by atoms with Crippen molar-refractivity contribution in [2.45, 2.75) is 18.9 Å². The highest BCUT2D eigenvalue weighted by Crippen LogP contribution is 2.21. The van der Waals surface area contributed by atoms with Crippen LogP contribution in [0, 0.1) is 0 Å². The van der Waals surface area contributed by atoms with E-state index in [1.165, 1.54) is 23.4 Å². The summed E-state index contributed by atoms with van der Waals surface area (Å²) < 4.78 is 10.7. The number of morpholine rings is 1. The molecule has 0 amide bonds. The molecule has 1 heterocycles. The molecule has 0 radical (unpaired) electrons. The van der Waals surface area contributed by atoms with Crippen molar-refractivity contribution >= 4 is 16.7 Å². The fourth-order valence-corrected chi connectivity index (χ4v) is 3.17. The number of fused-ring (bicyclic) bond motifs is 1. The molecule has 0 saturated carbocycles. The Balaban J connectivity index is 1.64. The molecule has 1 aliphatic rings. The lowest BCUT2D eigenvalue weighted by Crippen LogP contribution is -2.44. The quantitative estimate of drug-likeness (QED) is 0.796. The first-order valence-electron chi connectivity index (χ1n) is 8.13. The molecule has 3 rings (SSSR count). The van der Waals surface area contributed by atoms with Crippen LogP contribution < -0.4 is 0 Å². The SMILES string of the molecule is COC(=O)CCN1CCO[C@@H](Cc2cccc3ccccc23)C1. The van der Waals surface area contributed by atoms with Crippen molar-refractivity contribution in [3.8, 4) is 0 Å². The van der Waals surface area contributed by atoms with Gasteiger partial charge in [-0.3, -0.25) is 9.69 Å². The number of ether oxygens (including phenoxy) is 2. The van der Waals surface area contributed by atoms with E-state index in [9.17, 15) is 4.79 Å². The molecule has 1 atom stereocenters. The summed E-state index contributed by atoms with van der Waals surface area (Å²) in [5.74, 6) is -0.151. The Hall–Kier alpha value is -1.91. The summed E-state index contributed by atoms with van der Waals surface area (Å²) in [6, 6.07) is 14.9. The largest absolute Gasteiger partial charge is 0.469 e. The van der Waals surface area contributed by atoms with Crippen LogP contribution in [0.15, 0.2) is 42.5 Å². The number of nitrogens with zero attached hydrogens (tertiary/aromatic N) is 1. The van der Waals surface area contributed by atoms with Crippen LogP contribution in [-0.2, 0) is 20.7 Å². The van der Waals surface area contributed by atoms with Gasteiger partial charge in [0.05, 0.1) is 26.2 Å². The molecule has 4 nitrogen and oxygen atoms in total. The van der Waals surface area contributed by atoms with E-state index in [0.717, 1.165) is 32.7 Å². The Morgan fingerprint density at radius 2 is 2.09 bits per heavy atom. The molecule has 0 aromatic heterocycles. The van der Waals surface area contributed by atoms with Crippen LogP contribution in [0.1, 0.15) is 12.0 Å². The first-order chi connectivity index (χ1) is 11.3. The molecular weight excluding hydrogens is 290 g/mol. The average molecular weight is 313 g/mol. The maximum absolute atomic E-state index is 11.3. The van der Waals surface area contributed by atoms with Gasteiger partial charge in [0.2, 0.25) is 0 Å². The predicted octanol–water partition coefficient (Wildman–Crippen LogP) is 2.65. The lowest BCUT2D eigenvalue weighted by Gasteiger charge is -2.33. The molecule has 0 aliphatic carbocycles. The summed E-state index contributed by atoms with van der Waals surface area (Å²) >= 11 is 0. The van der Waals surface area contributed by atoms with Crippen LogP contribution >= 0.6 is 0 Å². The highest BCUT2D eigenvalue weighted by Gasteiger charge is 2.21. The Morgan fingerprint density at radius 3 is 2.96 bits per heavy atom. The second-order valence-electron chi connectivity index (χ2n) is 5.96. The lowest BCUT2D eigenvalue weighted by molar-refractivity contribution is -0.141. The smallest absolute Gasteiger partial charge is 0.306 e. The van der Waals surface area contributed by atoms with Gasteiger partial charge in [-0.1, -0.05) is 42.5 Å². The number of rotatable bonds is 5. The van der Waals surface area contributed by atoms with E-state index in [4.69, 9.17) is 9.47 Å². The minimum absolute atomic E-state index is 0.151. The molecule has 4 heteroatoms. The Morgan fingerprint density at radius 1 is 1.26 bits per heavy atom. The first-order valence-corrected chi connectivity index (χ1v) is 8.13. The summed E-state index contributed by atoms with van der Waals surface area (Å²) in [5, 5.41) is 2.56. The van der Waals surface area contributed by atoms with Gasteiger partial charge in [0.1, 0.15) is 0 Å². The second kappa shape index (κ2) is 7.57. The van der Waals surface area contributed by atoms with E-state index in [1.807, 2.05) is 0 Å². The monoisotopic (exact) mass is 313 g/mol. The van der Waals surface area contributed by atoms with Crippen molar-refractivity contribution in [2.24, 2.45) is 0 Å². The maximum Gasteiger partial charge on any atom is 0.306 e. The second-order valence-corrected chi connectivity index (χ2v) is 5.96. The third-order valence-electron chi connectivity index (χ3n) is 4.41. The van der Waals surface area contributed by atoms with E-state index in [0.29, 0.717) is 6.42 Å². The molecule has 0 N–H and O–H groups in total. The highest BCUT2D eigenvalue weighted by molar-refractivity contribution is 5.85. The summed E-state index contributed by atoms with van der Waals surface area (Å²) in [7, 11) is 1.44. The van der Waals surface area contributed by atoms with E-state index in [2.05, 4.69) is 47.4 Å². The zero-order valence-corrected chi connectivity index (χ0v) is 13.5. The van der Waals surface area contributed by atoms with Crippen LogP contribution in [0.3, 0.4) is 0 Å². The van der Waals surface area contributed by atoms with E-state index in [-0.39, 0.29) is 12.1 Å². The summed E-state index contributed by atoms with van der Waals surface area (Å²) in [6.07, 6.45) is 1.51. The van der Waals surface area contributed by atoms with Gasteiger partial charge in [0.15, 0.2) is 0 Å². The minimum Gasteiger partial charge on any atom is -0.469 e. The summed E-state index contributed by atoms with van der Waals surface area (Å²) in [6.45, 7) is 3.20. The zero-order chi connectivity index (χ0) is 16.1. The molecule has 0 unspecified atom stereocenters. The highest BCUT2D eigenvalue weighted by atomic mass is 16.5. The minimum atomic E-state index is -0.151. The van der Waals surface area contributed by atoms with Crippen LogP contribution in [0.4, 0.5) is 0 Å². The molecule has 1 saturated heterocycles. The van der Waals surface area contributed by atoms with Gasteiger partial charge in [0, 0.05) is 26.1 Å². The standard InChI is InChI=1S/C19H23NO3/c1-22-19(21)9-10-20-11-12-23-17(14-20)13-16-7-4-6-15-5-2-3-8-18(15)16/h2-8,17H,9-14H2,1H3/t17-/m0/s1. The van der Waals surface area contributed by atoms with Crippen molar-refractivity contribution in [3.05, 3.63) is 48.0 Å². The van der Waals surface area contributed by atoms with Crippen LogP contribution in [0.5, 0.6) is 0 Å². The molecule has 1 aliphatic heterocycles. The van der Waals surface area contributed by atoms with Crippen molar-refractivity contribution in [2.75, 3.05) is 33.4 Å². The number of esters is 1. The zero-order valence-electron chi connectivity index (χ0n) is 13.5. The van der Waals surface area contributed by atoms with Gasteiger partial charge in [0.25, 0.3) is 0 Å². The molecule has 1 fully saturated rings. The molecule has 2 aromatic rings. The number of carbonyl (C=O) groups excluding carboxylic acids is 1. The number of carbonyl (C=O) groups is 1. The molecule has 0 spiro atoms. The number of hydrogen-bond donors (Lipinski definition) is 0. The maximum atomic E-state index is 11.3. The summed E-state index contributed by atoms with van der Waals surface area (Å²) in [5.41, 5.74) is 1.32. The van der Waals surface area contributed by atoms with Crippen molar-refractivity contribution < 1.29 is 14.3 Å². The van der Waals surface area contributed by atoms with E-state index < -0.39 is 0 Å². The van der Waals surface area contributed by atoms with Crippen LogP contribution in [0.25, 0.3) is 10.8 Å². The fourth-order valence-electron chi connectivity index (χ4n) is 3.17. The predicted molar refractivity (Wildman–Crippen MR) is 90.5 cm³/mol. The fraction of sp³-hybridized carbons (Fsp3) is 0.421. The summed E-state index contributed by atoms with van der Waals surface area (Å²) in [4.78, 5) is 13.6. The van der Waals surface area contributed by atoms with Crippen molar-refractivity contribution in [3.63, 3.8) is 0 Å². The normalized spacial score (nSPS) is 18.9. The molecular formula is C19H23NO3. The van der Waals surface area contributed by atoms with Gasteiger partial charge in [-0.25, -0.2) is 0 Å². The number of methoxy groups -OCH3 is 1. The number of hydrogen-bond acceptors (Lipinski definition) is 4. The van der Waals surface area contributed by atoms with Crippen molar-refractivity contribution in [1.29, 1.82) is 0 Å². The third-order valence-corrected chi connectivity index (χ3v) is 4.41. The van der Waals surface area contributed by atoms with Gasteiger partial charge in [-0.05, 0) is 16.3 Å². The Labute approximate surface area is 137 Å². The van der Waals surface area contributed by atoms with Crippen LogP contribution in [-0.4, -0.2) is 50.3 Å². The molecule has 23 heavy (non-hydrogen) atoms. The van der Waals surface area contributed by atoms with Gasteiger partial charge in [-0.2, -0.15) is 0 Å². The Kier molecular flexibility index (Phi) is 5.26. The van der Waals surface area contributed by atoms with Gasteiger partial charge in [-0.15, -0.1) is 0 Å². The van der Waals surface area contributed by atoms with Crippen molar-refractivity contribution in [1.82, 2.24) is 4.90 Å². The van der Waals surface area contributed by atoms with Crippen LogP contribution in [0.2, 0.25) is 0 Å². The topological polar surface area (TPSA) is 38.8 Å². The third kappa shape index (κ3) is 4.09. The van der Waals surface area contributed by atoms with E-state index >= 15 is 0 Å². The van der Waals surface area contributed by atoms with E-state index in [1.54, 1.807) is 0 Å². The average Bonchev–Trinajstić information content (AvgIpc) is 2.60. The number of benzene rings is 2. The lowest BCUT2D eigenvalue weighted by atomic mass is 9.99. The van der Waals surface area contributed by atoms with Gasteiger partial charge < -0.3 is 9.47 Å². The molecule has 2 aromatic carbocycles. The van der Waals surface area contributed by atoms with Gasteiger partial charge >= 0.3 is 5.97 Å². The Bertz CT molecular complexity index is 665. The molecule has 0 bridgehead atoms.